The Kier molecular flexibility index (Phi) is 11.1. The maximum Gasteiger partial charge on any atom is 0.408 e. The molecule has 12 nitrogen and oxygen atoms in total. The summed E-state index contributed by atoms with van der Waals surface area (Å²) >= 11 is 0. The molecule has 4 atom stereocenters. The number of amides is 5. The predicted octanol–water partition coefficient (Wildman–Crippen LogP) is 4.98. The summed E-state index contributed by atoms with van der Waals surface area (Å²) < 4.78 is 0. The lowest BCUT2D eigenvalue weighted by atomic mass is 9.78. The number of hydrogen-bond acceptors (Lipinski definition) is 5. The van der Waals surface area contributed by atoms with Crippen molar-refractivity contribution >= 4 is 46.3 Å². The Morgan fingerprint density at radius 3 is 2.22 bits per heavy atom. The summed E-state index contributed by atoms with van der Waals surface area (Å²) in [4.78, 5) is 71.7. The number of carbonyl (C=O) groups excluding carboxylic acids is 4. The molecule has 0 saturated carbocycles. The number of aromatic nitrogens is 1. The summed E-state index contributed by atoms with van der Waals surface area (Å²) in [5, 5.41) is 20.1. The molecule has 12 heteroatoms. The highest BCUT2D eigenvalue weighted by atomic mass is 16.4. The number of para-hydroxylation sites is 1. The summed E-state index contributed by atoms with van der Waals surface area (Å²) in [6.45, 7) is 7.31. The van der Waals surface area contributed by atoms with E-state index in [0.717, 1.165) is 32.6 Å². The molecule has 0 radical (unpaired) electrons. The third-order valence-electron chi connectivity index (χ3n) is 9.88. The van der Waals surface area contributed by atoms with Crippen LogP contribution in [0.2, 0.25) is 0 Å². The number of nitrogens with zero attached hydrogens (tertiary/aromatic N) is 1. The number of aryl methyl sites for hydroxylation is 1. The summed E-state index contributed by atoms with van der Waals surface area (Å²) in [6.07, 6.45) is 0.0383. The van der Waals surface area contributed by atoms with Crippen molar-refractivity contribution in [1.29, 1.82) is 0 Å². The van der Waals surface area contributed by atoms with Crippen LogP contribution in [0.15, 0.2) is 78.9 Å². The van der Waals surface area contributed by atoms with Gasteiger partial charge in [0.2, 0.25) is 23.6 Å². The monoisotopic (exact) mass is 694 g/mol. The Labute approximate surface area is 297 Å². The van der Waals surface area contributed by atoms with Crippen molar-refractivity contribution in [3.05, 3.63) is 101 Å². The number of rotatable bonds is 13. The number of aromatic amines is 1. The first-order chi connectivity index (χ1) is 24.3. The first kappa shape index (κ1) is 36.6. The highest BCUT2D eigenvalue weighted by molar-refractivity contribution is 6.01. The van der Waals surface area contributed by atoms with Gasteiger partial charge in [-0.15, -0.1) is 0 Å². The zero-order valence-corrected chi connectivity index (χ0v) is 29.4. The molecule has 1 aliphatic carbocycles. The van der Waals surface area contributed by atoms with Gasteiger partial charge in [-0.2, -0.15) is 0 Å². The van der Waals surface area contributed by atoms with E-state index >= 15 is 0 Å². The minimum Gasteiger partial charge on any atom is -0.465 e. The average Bonchev–Trinajstić information content (AvgIpc) is 3.48. The standard InChI is InChI=1S/C39H46N6O6/c1-5-24(4)33(45(38(50)51)22-25-11-7-6-8-12-25)36(48)44-39(20-19-31-29(21-39)28-13-9-10-14-30(28)42-31)37(49)43-32(23(2)3)35(47)41-27-17-15-26(16-18-27)34(40)46/h6-18,23-24,32-33,42H,5,19-22H2,1-4H3,(H2,40,46)(H,41,47)(H,43,49)(H,44,48)(H,50,51)/t24-,32-,33-,39+/m0/s1. The molecule has 1 aliphatic rings. The molecular formula is C39H46N6O6. The van der Waals surface area contributed by atoms with Gasteiger partial charge >= 0.3 is 6.09 Å². The number of nitrogens with two attached hydrogens (primary N) is 1. The fourth-order valence-corrected chi connectivity index (χ4v) is 6.81. The Hall–Kier alpha value is -5.65. The van der Waals surface area contributed by atoms with Crippen molar-refractivity contribution < 1.29 is 29.1 Å². The van der Waals surface area contributed by atoms with Gasteiger partial charge in [0.25, 0.3) is 0 Å². The van der Waals surface area contributed by atoms with Gasteiger partial charge in [0.15, 0.2) is 0 Å². The van der Waals surface area contributed by atoms with Gasteiger partial charge in [-0.1, -0.05) is 82.6 Å². The number of carbonyl (C=O) groups is 5. The highest BCUT2D eigenvalue weighted by Crippen LogP contribution is 2.35. The number of benzene rings is 3. The quantitative estimate of drug-likeness (QED) is 0.115. The number of H-pyrrole nitrogens is 1. The van der Waals surface area contributed by atoms with Crippen LogP contribution in [0, 0.1) is 11.8 Å². The van der Waals surface area contributed by atoms with Crippen molar-refractivity contribution in [1.82, 2.24) is 20.5 Å². The second-order valence-corrected chi connectivity index (χ2v) is 13.7. The summed E-state index contributed by atoms with van der Waals surface area (Å²) in [6, 6.07) is 20.8. The van der Waals surface area contributed by atoms with E-state index in [1.54, 1.807) is 38.1 Å². The van der Waals surface area contributed by atoms with Crippen molar-refractivity contribution in [2.75, 3.05) is 5.32 Å². The Morgan fingerprint density at radius 2 is 1.59 bits per heavy atom. The van der Waals surface area contributed by atoms with E-state index in [9.17, 15) is 29.1 Å². The van der Waals surface area contributed by atoms with Gasteiger partial charge in [-0.3, -0.25) is 24.1 Å². The second kappa shape index (κ2) is 15.5. The molecule has 0 fully saturated rings. The minimum atomic E-state index is -1.51. The topological polar surface area (TPSA) is 187 Å². The molecule has 268 valence electrons. The number of hydrogen-bond donors (Lipinski definition) is 6. The number of primary amides is 1. The molecule has 5 amide bonds. The highest BCUT2D eigenvalue weighted by Gasteiger charge is 2.47. The fourth-order valence-electron chi connectivity index (χ4n) is 6.81. The molecular weight excluding hydrogens is 648 g/mol. The summed E-state index contributed by atoms with van der Waals surface area (Å²) in [5.74, 6) is -2.93. The van der Waals surface area contributed by atoms with Crippen molar-refractivity contribution in [2.45, 2.75) is 77.5 Å². The third kappa shape index (κ3) is 8.06. The SMILES string of the molecule is CC[C@H](C)[C@@H](C(=O)N[C@]1(C(=O)N[C@H](C(=O)Nc2ccc(C(N)=O)cc2)C(C)C)CCc2[nH]c3ccccc3c2C1)N(Cc1ccccc1)C(=O)O. The van der Waals surface area contributed by atoms with Crippen LogP contribution in [0.25, 0.3) is 10.9 Å². The van der Waals surface area contributed by atoms with Crippen LogP contribution in [0.4, 0.5) is 10.5 Å². The van der Waals surface area contributed by atoms with Crippen molar-refractivity contribution in [3.8, 4) is 0 Å². The minimum absolute atomic E-state index is 0.0135. The number of anilines is 1. The average molecular weight is 695 g/mol. The van der Waals surface area contributed by atoms with E-state index < -0.39 is 47.3 Å². The molecule has 51 heavy (non-hydrogen) atoms. The van der Waals surface area contributed by atoms with Crippen LogP contribution in [0.5, 0.6) is 0 Å². The van der Waals surface area contributed by atoms with Crippen molar-refractivity contribution in [3.63, 3.8) is 0 Å². The molecule has 0 spiro atoms. The van der Waals surface area contributed by atoms with Crippen LogP contribution < -0.4 is 21.7 Å². The number of fused-ring (bicyclic) bond motifs is 3. The van der Waals surface area contributed by atoms with Gasteiger partial charge in [0.1, 0.15) is 17.6 Å². The number of nitrogens with one attached hydrogen (secondary N) is 4. The smallest absolute Gasteiger partial charge is 0.408 e. The molecule has 5 rings (SSSR count). The van der Waals surface area contributed by atoms with Crippen LogP contribution in [-0.2, 0) is 33.8 Å². The molecule has 1 aromatic heterocycles. The van der Waals surface area contributed by atoms with E-state index in [0.29, 0.717) is 18.5 Å². The summed E-state index contributed by atoms with van der Waals surface area (Å²) in [7, 11) is 0. The van der Waals surface area contributed by atoms with Crippen molar-refractivity contribution in [2.24, 2.45) is 17.6 Å². The Morgan fingerprint density at radius 1 is 0.922 bits per heavy atom. The van der Waals surface area contributed by atoms with Gasteiger partial charge in [-0.05, 0) is 66.1 Å². The van der Waals surface area contributed by atoms with Gasteiger partial charge in [0, 0.05) is 40.8 Å². The third-order valence-corrected chi connectivity index (χ3v) is 9.88. The first-order valence-electron chi connectivity index (χ1n) is 17.3. The Balaban J connectivity index is 1.49. The van der Waals surface area contributed by atoms with Gasteiger partial charge in [0.05, 0.1) is 0 Å². The van der Waals surface area contributed by atoms with E-state index in [1.807, 2.05) is 56.3 Å². The number of carboxylic acid groups (broad SMARTS) is 1. The first-order valence-corrected chi connectivity index (χ1v) is 17.3. The fraction of sp³-hybridized carbons (Fsp3) is 0.359. The van der Waals surface area contributed by atoms with Crippen LogP contribution in [-0.4, -0.2) is 62.3 Å². The zero-order chi connectivity index (χ0) is 36.9. The van der Waals surface area contributed by atoms with Gasteiger partial charge < -0.3 is 31.8 Å². The van der Waals surface area contributed by atoms with Crippen LogP contribution in [0.3, 0.4) is 0 Å². The summed E-state index contributed by atoms with van der Waals surface area (Å²) in [5.41, 5.74) is 8.02. The van der Waals surface area contributed by atoms with E-state index in [-0.39, 0.29) is 36.8 Å². The maximum absolute atomic E-state index is 14.7. The zero-order valence-electron chi connectivity index (χ0n) is 29.4. The largest absolute Gasteiger partial charge is 0.465 e. The molecule has 4 aromatic rings. The van der Waals surface area contributed by atoms with E-state index in [2.05, 4.69) is 20.9 Å². The van der Waals surface area contributed by atoms with Crippen LogP contribution in [0.1, 0.15) is 67.7 Å². The Bertz CT molecular complexity index is 1910. The molecule has 0 aliphatic heterocycles. The molecule has 1 heterocycles. The van der Waals surface area contributed by atoms with E-state index in [4.69, 9.17) is 5.73 Å². The molecule has 3 aromatic carbocycles. The maximum atomic E-state index is 14.7. The van der Waals surface area contributed by atoms with Gasteiger partial charge in [-0.25, -0.2) is 4.79 Å². The molecule has 0 bridgehead atoms. The normalized spacial score (nSPS) is 17.1. The molecule has 7 N–H and O–H groups in total. The van der Waals surface area contributed by atoms with E-state index in [1.165, 1.54) is 12.1 Å². The lowest BCUT2D eigenvalue weighted by Gasteiger charge is -2.41. The predicted molar refractivity (Wildman–Crippen MR) is 195 cm³/mol. The molecule has 0 unspecified atom stereocenters. The lowest BCUT2D eigenvalue weighted by molar-refractivity contribution is -0.139. The molecule has 0 saturated heterocycles. The lowest BCUT2D eigenvalue weighted by Crippen LogP contribution is -2.67. The van der Waals surface area contributed by atoms with Crippen LogP contribution >= 0.6 is 0 Å². The second-order valence-electron chi connectivity index (χ2n) is 13.7.